The van der Waals surface area contributed by atoms with E-state index < -0.39 is 10.8 Å². The first kappa shape index (κ1) is 17.1. The van der Waals surface area contributed by atoms with Crippen LogP contribution in [0, 0.1) is 10.1 Å². The van der Waals surface area contributed by atoms with Crippen LogP contribution in [0.25, 0.3) is 10.9 Å². The number of aromatic nitrogens is 2. The summed E-state index contributed by atoms with van der Waals surface area (Å²) in [4.78, 5) is 34.5. The average molecular weight is 354 g/mol. The monoisotopic (exact) mass is 354 g/mol. The van der Waals surface area contributed by atoms with Crippen LogP contribution in [-0.4, -0.2) is 27.7 Å². The zero-order chi connectivity index (χ0) is 18.7. The van der Waals surface area contributed by atoms with E-state index >= 15 is 0 Å². The second kappa shape index (κ2) is 7.01. The van der Waals surface area contributed by atoms with Crippen molar-refractivity contribution in [3.05, 3.63) is 69.0 Å². The topological polar surface area (TPSA) is 116 Å². The van der Waals surface area contributed by atoms with Gasteiger partial charge in [0.2, 0.25) is 11.3 Å². The van der Waals surface area contributed by atoms with Gasteiger partial charge in [-0.15, -0.1) is 0 Å². The molecule has 26 heavy (non-hydrogen) atoms. The highest BCUT2D eigenvalue weighted by Gasteiger charge is 2.14. The van der Waals surface area contributed by atoms with Crippen molar-refractivity contribution in [2.45, 2.75) is 6.54 Å². The molecule has 0 saturated heterocycles. The number of hydrogen-bond acceptors (Lipinski definition) is 6. The molecule has 0 saturated carbocycles. The maximum absolute atomic E-state index is 12.4. The van der Waals surface area contributed by atoms with Gasteiger partial charge < -0.3 is 10.1 Å². The van der Waals surface area contributed by atoms with Gasteiger partial charge in [0.1, 0.15) is 12.3 Å². The number of methoxy groups -OCH3 is 1. The standard InChI is InChI=1S/C17H14N4O5/c1-26-16-8-11(21(24)25)6-7-13(16)19-17(23)10-20-14-5-3-2-4-12(14)15(22)9-18-20/h2-9H,10H2,1H3,(H,19,23). The summed E-state index contributed by atoms with van der Waals surface area (Å²) >= 11 is 0. The fourth-order valence-corrected chi connectivity index (χ4v) is 2.51. The third-order valence-electron chi connectivity index (χ3n) is 3.73. The minimum absolute atomic E-state index is 0.138. The molecule has 0 spiro atoms. The van der Waals surface area contributed by atoms with Gasteiger partial charge in [0.25, 0.3) is 5.69 Å². The van der Waals surface area contributed by atoms with Crippen LogP contribution >= 0.6 is 0 Å². The summed E-state index contributed by atoms with van der Waals surface area (Å²) in [6, 6.07) is 10.7. The first-order valence-corrected chi connectivity index (χ1v) is 7.57. The van der Waals surface area contributed by atoms with Gasteiger partial charge in [0.05, 0.1) is 35.5 Å². The predicted octanol–water partition coefficient (Wildman–Crippen LogP) is 1.95. The second-order valence-corrected chi connectivity index (χ2v) is 5.37. The number of ether oxygens (including phenoxy) is 1. The van der Waals surface area contributed by atoms with Crippen LogP contribution in [0.1, 0.15) is 0 Å². The number of nitrogens with one attached hydrogen (secondary N) is 1. The van der Waals surface area contributed by atoms with E-state index in [4.69, 9.17) is 4.74 Å². The van der Waals surface area contributed by atoms with Crippen LogP contribution in [0.2, 0.25) is 0 Å². The third-order valence-corrected chi connectivity index (χ3v) is 3.73. The highest BCUT2D eigenvalue weighted by atomic mass is 16.6. The fourth-order valence-electron chi connectivity index (χ4n) is 2.51. The van der Waals surface area contributed by atoms with Gasteiger partial charge in [0.15, 0.2) is 0 Å². The molecule has 1 amide bonds. The van der Waals surface area contributed by atoms with E-state index in [0.29, 0.717) is 16.6 Å². The molecule has 0 atom stereocenters. The molecule has 1 heterocycles. The molecule has 2 aromatic carbocycles. The molecule has 1 N–H and O–H groups in total. The summed E-state index contributed by atoms with van der Waals surface area (Å²) in [5.74, 6) is -0.247. The van der Waals surface area contributed by atoms with Crippen molar-refractivity contribution in [2.75, 3.05) is 12.4 Å². The number of carbonyl (C=O) groups is 1. The molecule has 1 aromatic heterocycles. The molecule has 0 fully saturated rings. The zero-order valence-electron chi connectivity index (χ0n) is 13.7. The average Bonchev–Trinajstić information content (AvgIpc) is 2.64. The van der Waals surface area contributed by atoms with Crippen molar-refractivity contribution in [2.24, 2.45) is 0 Å². The lowest BCUT2D eigenvalue weighted by atomic mass is 10.2. The molecule has 3 aromatic rings. The van der Waals surface area contributed by atoms with E-state index in [0.717, 1.165) is 6.20 Å². The summed E-state index contributed by atoms with van der Waals surface area (Å²) in [5.41, 5.74) is 0.460. The molecule has 132 valence electrons. The number of para-hydroxylation sites is 1. The molecule has 9 nitrogen and oxygen atoms in total. The Balaban J connectivity index is 1.85. The number of benzene rings is 2. The number of anilines is 1. The number of rotatable bonds is 5. The number of non-ortho nitro benzene ring substituents is 1. The van der Waals surface area contributed by atoms with Crippen molar-refractivity contribution >= 4 is 28.2 Å². The quantitative estimate of drug-likeness (QED) is 0.553. The van der Waals surface area contributed by atoms with Crippen molar-refractivity contribution in [3.8, 4) is 5.75 Å². The first-order chi connectivity index (χ1) is 12.5. The molecule has 0 bridgehead atoms. The number of fused-ring (bicyclic) bond motifs is 1. The molecule has 0 aliphatic carbocycles. The van der Waals surface area contributed by atoms with Crippen LogP contribution in [0.15, 0.2) is 53.5 Å². The lowest BCUT2D eigenvalue weighted by Gasteiger charge is -2.12. The SMILES string of the molecule is COc1cc([N+](=O)[O-])ccc1NC(=O)Cn1ncc(=O)c2ccccc21. The lowest BCUT2D eigenvalue weighted by molar-refractivity contribution is -0.384. The van der Waals surface area contributed by atoms with E-state index in [1.165, 1.54) is 30.0 Å². The normalized spacial score (nSPS) is 10.5. The van der Waals surface area contributed by atoms with Crippen LogP contribution in [0.3, 0.4) is 0 Å². The van der Waals surface area contributed by atoms with Crippen LogP contribution in [-0.2, 0) is 11.3 Å². The van der Waals surface area contributed by atoms with Crippen LogP contribution in [0.5, 0.6) is 5.75 Å². The van der Waals surface area contributed by atoms with Crippen LogP contribution in [0.4, 0.5) is 11.4 Å². The summed E-state index contributed by atoms with van der Waals surface area (Å²) in [5, 5.41) is 17.9. The first-order valence-electron chi connectivity index (χ1n) is 7.57. The molecule has 3 rings (SSSR count). The number of nitro benzene ring substituents is 1. The molecular weight excluding hydrogens is 340 g/mol. The van der Waals surface area contributed by atoms with Crippen LogP contribution < -0.4 is 15.5 Å². The molecule has 0 radical (unpaired) electrons. The highest BCUT2D eigenvalue weighted by molar-refractivity contribution is 5.93. The van der Waals surface area contributed by atoms with Gasteiger partial charge in [-0.25, -0.2) is 0 Å². The van der Waals surface area contributed by atoms with E-state index in [9.17, 15) is 19.7 Å². The minimum Gasteiger partial charge on any atom is -0.494 e. The van der Waals surface area contributed by atoms with Crippen molar-refractivity contribution in [1.82, 2.24) is 9.78 Å². The van der Waals surface area contributed by atoms with Crippen molar-refractivity contribution in [1.29, 1.82) is 0 Å². The summed E-state index contributed by atoms with van der Waals surface area (Å²) in [6.45, 7) is -0.138. The second-order valence-electron chi connectivity index (χ2n) is 5.37. The van der Waals surface area contributed by atoms with Gasteiger partial charge in [-0.2, -0.15) is 5.10 Å². The fraction of sp³-hybridized carbons (Fsp3) is 0.118. The smallest absolute Gasteiger partial charge is 0.273 e. The Bertz CT molecular complexity index is 1060. The summed E-state index contributed by atoms with van der Waals surface area (Å²) in [6.07, 6.45) is 1.15. The number of nitrogens with zero attached hydrogens (tertiary/aromatic N) is 3. The van der Waals surface area contributed by atoms with Crippen molar-refractivity contribution < 1.29 is 14.5 Å². The zero-order valence-corrected chi connectivity index (χ0v) is 13.7. The van der Waals surface area contributed by atoms with Gasteiger partial charge >= 0.3 is 0 Å². The molecule has 0 aliphatic heterocycles. The van der Waals surface area contributed by atoms with Crippen molar-refractivity contribution in [3.63, 3.8) is 0 Å². The predicted molar refractivity (Wildman–Crippen MR) is 94.3 cm³/mol. The Morgan fingerprint density at radius 3 is 2.81 bits per heavy atom. The van der Waals surface area contributed by atoms with E-state index in [1.807, 2.05) is 0 Å². The highest BCUT2D eigenvalue weighted by Crippen LogP contribution is 2.29. The Kier molecular flexibility index (Phi) is 4.61. The van der Waals surface area contributed by atoms with Gasteiger partial charge in [-0.05, 0) is 18.2 Å². The number of nitro groups is 1. The number of hydrogen-bond donors (Lipinski definition) is 1. The van der Waals surface area contributed by atoms with Gasteiger partial charge in [-0.1, -0.05) is 12.1 Å². The Morgan fingerprint density at radius 1 is 1.31 bits per heavy atom. The molecule has 0 aliphatic rings. The van der Waals surface area contributed by atoms with E-state index in [-0.39, 0.29) is 23.4 Å². The summed E-state index contributed by atoms with van der Waals surface area (Å²) < 4.78 is 6.50. The van der Waals surface area contributed by atoms with Gasteiger partial charge in [-0.3, -0.25) is 24.4 Å². The third kappa shape index (κ3) is 3.36. The maximum atomic E-state index is 12.4. The Labute approximate surface area is 147 Å². The van der Waals surface area contributed by atoms with Gasteiger partial charge in [0, 0.05) is 11.5 Å². The largest absolute Gasteiger partial charge is 0.494 e. The molecular formula is C17H14N4O5. The van der Waals surface area contributed by atoms with E-state index in [1.54, 1.807) is 24.3 Å². The Hall–Kier alpha value is -3.75. The number of carbonyl (C=O) groups excluding carboxylic acids is 1. The minimum atomic E-state index is -0.551. The van der Waals surface area contributed by atoms with E-state index in [2.05, 4.69) is 10.4 Å². The Morgan fingerprint density at radius 2 is 2.08 bits per heavy atom. The molecule has 0 unspecified atom stereocenters. The molecule has 9 heteroatoms. The summed E-state index contributed by atoms with van der Waals surface area (Å²) in [7, 11) is 1.35. The lowest BCUT2D eigenvalue weighted by Crippen LogP contribution is -2.22. The number of amides is 1. The maximum Gasteiger partial charge on any atom is 0.273 e.